The van der Waals surface area contributed by atoms with E-state index in [0.29, 0.717) is 12.5 Å². The van der Waals surface area contributed by atoms with Gasteiger partial charge in [0, 0.05) is 71.5 Å². The van der Waals surface area contributed by atoms with E-state index in [9.17, 15) is 4.79 Å². The first-order chi connectivity index (χ1) is 12.1. The standard InChI is InChI=1S/C19H37N5O/c1-20(2)7-8-21-9-11-22(12-10-21)17-19(25)24-15-13-23(14-16-24)18-5-3-4-6-18/h18H,3-17H2,1-2H3. The minimum Gasteiger partial charge on any atom is -0.339 e. The third-order valence-electron chi connectivity index (χ3n) is 6.20. The van der Waals surface area contributed by atoms with Crippen molar-refractivity contribution in [1.29, 1.82) is 0 Å². The van der Waals surface area contributed by atoms with Crippen LogP contribution in [0.15, 0.2) is 0 Å². The van der Waals surface area contributed by atoms with E-state index in [1.807, 2.05) is 0 Å². The van der Waals surface area contributed by atoms with Gasteiger partial charge in [0.05, 0.1) is 6.54 Å². The predicted molar refractivity (Wildman–Crippen MR) is 102 cm³/mol. The van der Waals surface area contributed by atoms with Gasteiger partial charge >= 0.3 is 0 Å². The van der Waals surface area contributed by atoms with Gasteiger partial charge in [-0.05, 0) is 26.9 Å². The lowest BCUT2D eigenvalue weighted by molar-refractivity contribution is -0.135. The molecule has 0 bridgehead atoms. The largest absolute Gasteiger partial charge is 0.339 e. The summed E-state index contributed by atoms with van der Waals surface area (Å²) >= 11 is 0. The minimum atomic E-state index is 0.341. The highest BCUT2D eigenvalue weighted by atomic mass is 16.2. The molecule has 0 N–H and O–H groups in total. The van der Waals surface area contributed by atoms with Gasteiger partial charge in [0.15, 0.2) is 0 Å². The first-order valence-corrected chi connectivity index (χ1v) is 10.2. The summed E-state index contributed by atoms with van der Waals surface area (Å²) in [7, 11) is 4.25. The van der Waals surface area contributed by atoms with Gasteiger partial charge in [0.25, 0.3) is 0 Å². The van der Waals surface area contributed by atoms with Crippen molar-refractivity contribution in [2.45, 2.75) is 31.7 Å². The van der Waals surface area contributed by atoms with E-state index in [4.69, 9.17) is 0 Å². The van der Waals surface area contributed by atoms with E-state index >= 15 is 0 Å². The topological polar surface area (TPSA) is 33.3 Å². The summed E-state index contributed by atoms with van der Waals surface area (Å²) in [5.74, 6) is 0.341. The second-order valence-electron chi connectivity index (χ2n) is 8.28. The summed E-state index contributed by atoms with van der Waals surface area (Å²) in [6.07, 6.45) is 5.52. The Balaban J connectivity index is 1.33. The van der Waals surface area contributed by atoms with Crippen molar-refractivity contribution < 1.29 is 4.79 Å². The van der Waals surface area contributed by atoms with Gasteiger partial charge in [-0.2, -0.15) is 0 Å². The molecule has 0 spiro atoms. The Morgan fingerprint density at radius 2 is 1.48 bits per heavy atom. The molecule has 1 aliphatic carbocycles. The third-order valence-corrected chi connectivity index (χ3v) is 6.20. The lowest BCUT2D eigenvalue weighted by atomic mass is 10.2. The summed E-state index contributed by atoms with van der Waals surface area (Å²) in [5, 5.41) is 0. The number of hydrogen-bond acceptors (Lipinski definition) is 5. The second kappa shape index (κ2) is 9.31. The smallest absolute Gasteiger partial charge is 0.236 e. The van der Waals surface area contributed by atoms with Gasteiger partial charge in [0.2, 0.25) is 5.91 Å². The Hall–Kier alpha value is -0.690. The fraction of sp³-hybridized carbons (Fsp3) is 0.947. The van der Waals surface area contributed by atoms with Gasteiger partial charge in [-0.1, -0.05) is 12.8 Å². The molecule has 6 heteroatoms. The average molecular weight is 352 g/mol. The van der Waals surface area contributed by atoms with Crippen molar-refractivity contribution in [3.8, 4) is 0 Å². The van der Waals surface area contributed by atoms with Crippen LogP contribution in [-0.4, -0.2) is 123 Å². The summed E-state index contributed by atoms with van der Waals surface area (Å²) in [4.78, 5) is 24.5. The molecule has 1 saturated carbocycles. The van der Waals surface area contributed by atoms with Crippen LogP contribution >= 0.6 is 0 Å². The molecule has 0 radical (unpaired) electrons. The molecular weight excluding hydrogens is 314 g/mol. The molecular formula is C19H37N5O. The number of carbonyl (C=O) groups excluding carboxylic acids is 1. The number of carbonyl (C=O) groups is 1. The highest BCUT2D eigenvalue weighted by molar-refractivity contribution is 5.78. The molecule has 25 heavy (non-hydrogen) atoms. The van der Waals surface area contributed by atoms with Gasteiger partial charge < -0.3 is 9.80 Å². The second-order valence-corrected chi connectivity index (χ2v) is 8.28. The molecule has 3 fully saturated rings. The molecule has 2 saturated heterocycles. The van der Waals surface area contributed by atoms with E-state index in [2.05, 4.69) is 38.6 Å². The van der Waals surface area contributed by atoms with Crippen LogP contribution in [0.2, 0.25) is 0 Å². The highest BCUT2D eigenvalue weighted by Crippen LogP contribution is 2.24. The molecule has 0 aromatic carbocycles. The maximum Gasteiger partial charge on any atom is 0.236 e. The molecule has 0 unspecified atom stereocenters. The number of nitrogens with zero attached hydrogens (tertiary/aromatic N) is 5. The van der Waals surface area contributed by atoms with Crippen molar-refractivity contribution in [2.75, 3.05) is 86.1 Å². The number of amides is 1. The van der Waals surface area contributed by atoms with Crippen molar-refractivity contribution >= 4 is 5.91 Å². The first kappa shape index (κ1) is 19.1. The van der Waals surface area contributed by atoms with E-state index in [1.54, 1.807) is 0 Å². The number of likely N-dealkylation sites (N-methyl/N-ethyl adjacent to an activating group) is 1. The lowest BCUT2D eigenvalue weighted by Crippen LogP contribution is -2.55. The summed E-state index contributed by atoms with van der Waals surface area (Å²) in [5.41, 5.74) is 0. The molecule has 0 aromatic heterocycles. The summed E-state index contributed by atoms with van der Waals surface area (Å²) in [6, 6.07) is 0.799. The molecule has 2 heterocycles. The molecule has 3 aliphatic rings. The van der Waals surface area contributed by atoms with E-state index < -0.39 is 0 Å². The summed E-state index contributed by atoms with van der Waals surface area (Å²) in [6.45, 7) is 11.1. The van der Waals surface area contributed by atoms with Crippen LogP contribution in [0.1, 0.15) is 25.7 Å². The minimum absolute atomic E-state index is 0.341. The first-order valence-electron chi connectivity index (χ1n) is 10.2. The van der Waals surface area contributed by atoms with Crippen LogP contribution in [0.25, 0.3) is 0 Å². The molecule has 144 valence electrons. The van der Waals surface area contributed by atoms with Gasteiger partial charge in [-0.15, -0.1) is 0 Å². The average Bonchev–Trinajstić information content (AvgIpc) is 3.16. The normalized spacial score (nSPS) is 25.2. The van der Waals surface area contributed by atoms with Crippen LogP contribution in [0.3, 0.4) is 0 Å². The predicted octanol–water partition coefficient (Wildman–Crippen LogP) is 0.252. The zero-order chi connectivity index (χ0) is 17.6. The molecule has 1 amide bonds. The lowest BCUT2D eigenvalue weighted by Gasteiger charge is -2.39. The van der Waals surface area contributed by atoms with Gasteiger partial charge in [-0.3, -0.25) is 19.5 Å². The Bertz CT molecular complexity index is 408. The SMILES string of the molecule is CN(C)CCN1CCN(CC(=O)N2CCN(C3CCCC3)CC2)CC1. The Kier molecular flexibility index (Phi) is 7.10. The maximum absolute atomic E-state index is 12.6. The molecule has 3 rings (SSSR count). The zero-order valence-electron chi connectivity index (χ0n) is 16.3. The monoisotopic (exact) mass is 351 g/mol. The van der Waals surface area contributed by atoms with Crippen molar-refractivity contribution in [1.82, 2.24) is 24.5 Å². The van der Waals surface area contributed by atoms with E-state index in [0.717, 1.165) is 71.5 Å². The molecule has 6 nitrogen and oxygen atoms in total. The Morgan fingerprint density at radius 3 is 2.08 bits per heavy atom. The fourth-order valence-electron chi connectivity index (χ4n) is 4.41. The molecule has 0 aromatic rings. The number of rotatable bonds is 6. The van der Waals surface area contributed by atoms with E-state index in [1.165, 1.54) is 25.7 Å². The van der Waals surface area contributed by atoms with Crippen LogP contribution < -0.4 is 0 Å². The zero-order valence-corrected chi connectivity index (χ0v) is 16.3. The van der Waals surface area contributed by atoms with Crippen LogP contribution in [0.5, 0.6) is 0 Å². The number of hydrogen-bond donors (Lipinski definition) is 0. The van der Waals surface area contributed by atoms with Crippen molar-refractivity contribution in [2.24, 2.45) is 0 Å². The van der Waals surface area contributed by atoms with Crippen LogP contribution in [-0.2, 0) is 4.79 Å². The molecule has 2 aliphatic heterocycles. The fourth-order valence-corrected chi connectivity index (χ4v) is 4.41. The molecule has 0 atom stereocenters. The van der Waals surface area contributed by atoms with Crippen molar-refractivity contribution in [3.05, 3.63) is 0 Å². The quantitative estimate of drug-likeness (QED) is 0.685. The summed E-state index contributed by atoms with van der Waals surface area (Å²) < 4.78 is 0. The van der Waals surface area contributed by atoms with Crippen molar-refractivity contribution in [3.63, 3.8) is 0 Å². The van der Waals surface area contributed by atoms with E-state index in [-0.39, 0.29) is 0 Å². The third kappa shape index (κ3) is 5.64. The van der Waals surface area contributed by atoms with Gasteiger partial charge in [0.1, 0.15) is 0 Å². The number of piperazine rings is 2. The van der Waals surface area contributed by atoms with Crippen LogP contribution in [0.4, 0.5) is 0 Å². The van der Waals surface area contributed by atoms with Gasteiger partial charge in [-0.25, -0.2) is 0 Å². The van der Waals surface area contributed by atoms with Crippen LogP contribution in [0, 0.1) is 0 Å². The highest BCUT2D eigenvalue weighted by Gasteiger charge is 2.28. The maximum atomic E-state index is 12.6. The Morgan fingerprint density at radius 1 is 0.880 bits per heavy atom. The Labute approximate surface area is 153 Å².